The van der Waals surface area contributed by atoms with Gasteiger partial charge in [-0.15, -0.1) is 0 Å². The van der Waals surface area contributed by atoms with Crippen molar-refractivity contribution in [1.82, 2.24) is 10.1 Å². The van der Waals surface area contributed by atoms with Crippen molar-refractivity contribution in [2.24, 2.45) is 0 Å². The van der Waals surface area contributed by atoms with E-state index >= 15 is 0 Å². The first-order valence-electron chi connectivity index (χ1n) is 7.54. The molecule has 0 unspecified atom stereocenters. The van der Waals surface area contributed by atoms with Gasteiger partial charge in [0.2, 0.25) is 5.88 Å². The highest BCUT2D eigenvalue weighted by atomic mass is 35.5. The average molecular weight is 344 g/mol. The van der Waals surface area contributed by atoms with Crippen LogP contribution >= 0.6 is 11.6 Å². The minimum absolute atomic E-state index is 0.541. The number of hydrogen-bond donors (Lipinski definition) is 1. The van der Waals surface area contributed by atoms with Gasteiger partial charge in [0, 0.05) is 28.9 Å². The average Bonchev–Trinajstić information content (AvgIpc) is 2.93. The molecule has 1 N–H and O–H groups in total. The van der Waals surface area contributed by atoms with Crippen LogP contribution in [0.1, 0.15) is 17.0 Å². The predicted octanol–water partition coefficient (Wildman–Crippen LogP) is 4.63. The Bertz CT molecular complexity index is 824. The molecular weight excluding hydrogens is 326 g/mol. The van der Waals surface area contributed by atoms with Crippen LogP contribution in [0, 0.1) is 13.8 Å². The van der Waals surface area contributed by atoms with Crippen LogP contribution in [-0.4, -0.2) is 17.3 Å². The molecule has 0 spiro atoms. The number of nitrogens with one attached hydrogen (secondary N) is 1. The van der Waals surface area contributed by atoms with E-state index in [4.69, 9.17) is 20.9 Å². The number of methoxy groups -OCH3 is 1. The third kappa shape index (κ3) is 3.36. The quantitative estimate of drug-likeness (QED) is 0.732. The molecule has 124 valence electrons. The van der Waals surface area contributed by atoms with E-state index in [1.54, 1.807) is 13.3 Å². The first-order valence-corrected chi connectivity index (χ1v) is 7.92. The standard InChI is InChI=1S/C18H18ClN3O2/c1-11-17(12(2)24-22-11)14-8-16(18(23-3)21-10-14)20-9-13-4-6-15(19)7-5-13/h4-8,10,20H,9H2,1-3H3. The zero-order valence-electron chi connectivity index (χ0n) is 13.8. The second-order valence-corrected chi connectivity index (χ2v) is 5.90. The van der Waals surface area contributed by atoms with Crippen LogP contribution in [-0.2, 0) is 6.54 Å². The molecule has 0 aliphatic rings. The van der Waals surface area contributed by atoms with Crippen LogP contribution in [0.25, 0.3) is 11.1 Å². The van der Waals surface area contributed by atoms with Gasteiger partial charge in [-0.3, -0.25) is 0 Å². The number of benzene rings is 1. The summed E-state index contributed by atoms with van der Waals surface area (Å²) in [5.74, 6) is 1.31. The zero-order chi connectivity index (χ0) is 17.1. The molecule has 0 saturated heterocycles. The molecule has 2 heterocycles. The summed E-state index contributed by atoms with van der Waals surface area (Å²) in [6.45, 7) is 4.44. The van der Waals surface area contributed by atoms with Crippen LogP contribution in [0.5, 0.6) is 5.88 Å². The molecule has 0 aliphatic carbocycles. The highest BCUT2D eigenvalue weighted by Gasteiger charge is 2.14. The van der Waals surface area contributed by atoms with Crippen LogP contribution in [0.4, 0.5) is 5.69 Å². The van der Waals surface area contributed by atoms with E-state index in [1.807, 2.05) is 44.2 Å². The van der Waals surface area contributed by atoms with Crippen molar-refractivity contribution in [3.63, 3.8) is 0 Å². The fraction of sp³-hybridized carbons (Fsp3) is 0.222. The molecule has 3 aromatic rings. The van der Waals surface area contributed by atoms with Gasteiger partial charge in [0.1, 0.15) is 5.76 Å². The van der Waals surface area contributed by atoms with Gasteiger partial charge in [0.15, 0.2) is 0 Å². The number of aromatic nitrogens is 2. The molecule has 0 aliphatic heterocycles. The van der Waals surface area contributed by atoms with Crippen molar-refractivity contribution in [3.8, 4) is 17.0 Å². The maximum Gasteiger partial charge on any atom is 0.237 e. The molecule has 0 radical (unpaired) electrons. The smallest absolute Gasteiger partial charge is 0.237 e. The van der Waals surface area contributed by atoms with E-state index in [0.717, 1.165) is 38.9 Å². The monoisotopic (exact) mass is 343 g/mol. The van der Waals surface area contributed by atoms with Gasteiger partial charge in [-0.25, -0.2) is 4.98 Å². The van der Waals surface area contributed by atoms with E-state index in [2.05, 4.69) is 15.5 Å². The second-order valence-electron chi connectivity index (χ2n) is 5.46. The van der Waals surface area contributed by atoms with Gasteiger partial charge in [-0.1, -0.05) is 28.9 Å². The number of pyridine rings is 1. The molecule has 0 saturated carbocycles. The molecule has 1 aromatic carbocycles. The Balaban J connectivity index is 1.88. The number of rotatable bonds is 5. The lowest BCUT2D eigenvalue weighted by molar-refractivity contribution is 0.393. The summed E-state index contributed by atoms with van der Waals surface area (Å²) < 4.78 is 10.6. The number of halogens is 1. The van der Waals surface area contributed by atoms with Crippen LogP contribution in [0.3, 0.4) is 0 Å². The minimum atomic E-state index is 0.541. The number of anilines is 1. The van der Waals surface area contributed by atoms with E-state index in [1.165, 1.54) is 0 Å². The Morgan fingerprint density at radius 3 is 2.58 bits per heavy atom. The fourth-order valence-corrected chi connectivity index (χ4v) is 2.70. The topological polar surface area (TPSA) is 60.2 Å². The summed E-state index contributed by atoms with van der Waals surface area (Å²) in [6.07, 6.45) is 1.76. The molecule has 3 rings (SSSR count). The van der Waals surface area contributed by atoms with Crippen LogP contribution in [0.2, 0.25) is 5.02 Å². The summed E-state index contributed by atoms with van der Waals surface area (Å²) in [6, 6.07) is 9.69. The van der Waals surface area contributed by atoms with Gasteiger partial charge < -0.3 is 14.6 Å². The first kappa shape index (κ1) is 16.3. The SMILES string of the molecule is COc1ncc(-c2c(C)noc2C)cc1NCc1ccc(Cl)cc1. The summed E-state index contributed by atoms with van der Waals surface area (Å²) in [5, 5.41) is 8.08. The Kier molecular flexibility index (Phi) is 4.71. The number of ether oxygens (including phenoxy) is 1. The first-order chi connectivity index (χ1) is 11.6. The Morgan fingerprint density at radius 1 is 1.21 bits per heavy atom. The van der Waals surface area contributed by atoms with Crippen molar-refractivity contribution in [2.45, 2.75) is 20.4 Å². The molecule has 0 atom stereocenters. The van der Waals surface area contributed by atoms with Crippen molar-refractivity contribution in [1.29, 1.82) is 0 Å². The Morgan fingerprint density at radius 2 is 1.96 bits per heavy atom. The zero-order valence-corrected chi connectivity index (χ0v) is 14.5. The normalized spacial score (nSPS) is 10.7. The lowest BCUT2D eigenvalue weighted by atomic mass is 10.1. The van der Waals surface area contributed by atoms with Gasteiger partial charge in [-0.2, -0.15) is 0 Å². The maximum absolute atomic E-state index is 5.92. The lowest BCUT2D eigenvalue weighted by Crippen LogP contribution is -2.03. The largest absolute Gasteiger partial charge is 0.480 e. The van der Waals surface area contributed by atoms with E-state index in [9.17, 15) is 0 Å². The third-order valence-electron chi connectivity index (χ3n) is 3.76. The van der Waals surface area contributed by atoms with Gasteiger partial charge in [0.25, 0.3) is 0 Å². The van der Waals surface area contributed by atoms with Gasteiger partial charge in [-0.05, 0) is 37.6 Å². The van der Waals surface area contributed by atoms with E-state index in [0.29, 0.717) is 12.4 Å². The van der Waals surface area contributed by atoms with E-state index < -0.39 is 0 Å². The highest BCUT2D eigenvalue weighted by molar-refractivity contribution is 6.30. The minimum Gasteiger partial charge on any atom is -0.480 e. The number of nitrogens with zero attached hydrogens (tertiary/aromatic N) is 2. The summed E-state index contributed by atoms with van der Waals surface area (Å²) in [7, 11) is 1.60. The van der Waals surface area contributed by atoms with Crippen LogP contribution in [0.15, 0.2) is 41.1 Å². The Hall–Kier alpha value is -2.53. The Labute approximate surface area is 145 Å². The molecule has 0 fully saturated rings. The predicted molar refractivity (Wildman–Crippen MR) is 94.5 cm³/mol. The second kappa shape index (κ2) is 6.93. The molecule has 0 bridgehead atoms. The number of hydrogen-bond acceptors (Lipinski definition) is 5. The maximum atomic E-state index is 5.92. The van der Waals surface area contributed by atoms with Crippen molar-refractivity contribution in [3.05, 3.63) is 58.6 Å². The summed E-state index contributed by atoms with van der Waals surface area (Å²) in [4.78, 5) is 4.39. The molecule has 5 nitrogen and oxygen atoms in total. The molecule has 24 heavy (non-hydrogen) atoms. The lowest BCUT2D eigenvalue weighted by Gasteiger charge is -2.12. The molecule has 6 heteroatoms. The van der Waals surface area contributed by atoms with Gasteiger partial charge in [0.05, 0.1) is 18.5 Å². The van der Waals surface area contributed by atoms with Crippen molar-refractivity contribution < 1.29 is 9.26 Å². The van der Waals surface area contributed by atoms with Crippen molar-refractivity contribution in [2.75, 3.05) is 12.4 Å². The number of aryl methyl sites for hydroxylation is 2. The fourth-order valence-electron chi connectivity index (χ4n) is 2.57. The summed E-state index contributed by atoms with van der Waals surface area (Å²) >= 11 is 5.92. The molecule has 2 aromatic heterocycles. The van der Waals surface area contributed by atoms with E-state index in [-0.39, 0.29) is 0 Å². The van der Waals surface area contributed by atoms with Gasteiger partial charge >= 0.3 is 0 Å². The van der Waals surface area contributed by atoms with Crippen molar-refractivity contribution >= 4 is 17.3 Å². The molecule has 0 amide bonds. The third-order valence-corrected chi connectivity index (χ3v) is 4.01. The summed E-state index contributed by atoms with van der Waals surface area (Å²) in [5.41, 5.74) is 4.66. The highest BCUT2D eigenvalue weighted by Crippen LogP contribution is 2.32. The van der Waals surface area contributed by atoms with Crippen LogP contribution < -0.4 is 10.1 Å². The molecular formula is C18H18ClN3O2.